The van der Waals surface area contributed by atoms with Crippen LogP contribution in [0.25, 0.3) is 5.65 Å². The lowest BCUT2D eigenvalue weighted by Gasteiger charge is -2.05. The predicted molar refractivity (Wildman–Crippen MR) is 75.3 cm³/mol. The maximum Gasteiger partial charge on any atom is 0.251 e. The smallest absolute Gasteiger partial charge is 0.251 e. The number of carbonyl (C=O) groups excluding carboxylic acids is 1. The van der Waals surface area contributed by atoms with E-state index in [1.807, 2.05) is 35.9 Å². The summed E-state index contributed by atoms with van der Waals surface area (Å²) in [7, 11) is 0. The summed E-state index contributed by atoms with van der Waals surface area (Å²) in [6, 6.07) is 7.33. The Balaban J connectivity index is 1.75. The summed E-state index contributed by atoms with van der Waals surface area (Å²) < 4.78 is 1.90. The van der Waals surface area contributed by atoms with Gasteiger partial charge in [0, 0.05) is 36.9 Å². The molecule has 5 nitrogen and oxygen atoms in total. The van der Waals surface area contributed by atoms with E-state index in [9.17, 15) is 4.79 Å². The lowest BCUT2D eigenvalue weighted by Crippen LogP contribution is -2.22. The number of fused-ring (bicyclic) bond motifs is 1. The number of aryl methyl sites for hydroxylation is 1. The number of hydrogen-bond acceptors (Lipinski definition) is 3. The zero-order valence-corrected chi connectivity index (χ0v) is 11.1. The maximum atomic E-state index is 12.1. The van der Waals surface area contributed by atoms with Crippen molar-refractivity contribution in [3.05, 3.63) is 65.9 Å². The van der Waals surface area contributed by atoms with Gasteiger partial charge in [-0.25, -0.2) is 4.98 Å². The van der Waals surface area contributed by atoms with Gasteiger partial charge >= 0.3 is 0 Å². The monoisotopic (exact) mass is 266 g/mol. The lowest BCUT2D eigenvalue weighted by atomic mass is 10.2. The molecule has 20 heavy (non-hydrogen) atoms. The third-order valence-electron chi connectivity index (χ3n) is 3.05. The molecule has 0 aliphatic heterocycles. The second-order valence-electron chi connectivity index (χ2n) is 4.60. The fraction of sp³-hybridized carbons (Fsp3) is 0.133. The Morgan fingerprint density at radius 1 is 1.30 bits per heavy atom. The topological polar surface area (TPSA) is 59.3 Å². The highest BCUT2D eigenvalue weighted by atomic mass is 16.1. The molecule has 0 bridgehead atoms. The Morgan fingerprint density at radius 3 is 2.90 bits per heavy atom. The van der Waals surface area contributed by atoms with Crippen molar-refractivity contribution in [1.29, 1.82) is 0 Å². The summed E-state index contributed by atoms with van der Waals surface area (Å²) in [4.78, 5) is 20.4. The Labute approximate surface area is 116 Å². The van der Waals surface area contributed by atoms with Crippen molar-refractivity contribution in [3.8, 4) is 0 Å². The van der Waals surface area contributed by atoms with Gasteiger partial charge in [-0.05, 0) is 36.8 Å². The molecule has 3 aromatic rings. The van der Waals surface area contributed by atoms with E-state index in [1.165, 1.54) is 0 Å². The quantitative estimate of drug-likeness (QED) is 0.788. The third kappa shape index (κ3) is 2.51. The predicted octanol–water partition coefficient (Wildman–Crippen LogP) is 1.97. The van der Waals surface area contributed by atoms with Gasteiger partial charge in [-0.15, -0.1) is 0 Å². The summed E-state index contributed by atoms with van der Waals surface area (Å²) in [6.45, 7) is 2.41. The number of nitrogens with one attached hydrogen (secondary N) is 1. The van der Waals surface area contributed by atoms with Crippen LogP contribution in [0.2, 0.25) is 0 Å². The number of amides is 1. The number of pyridine rings is 2. The zero-order chi connectivity index (χ0) is 13.9. The molecule has 1 N–H and O–H groups in total. The summed E-state index contributed by atoms with van der Waals surface area (Å²) in [5.74, 6) is -0.107. The average Bonchev–Trinajstić information content (AvgIpc) is 2.85. The number of hydrogen-bond donors (Lipinski definition) is 1. The average molecular weight is 266 g/mol. The molecule has 0 atom stereocenters. The van der Waals surface area contributed by atoms with E-state index in [4.69, 9.17) is 0 Å². The van der Waals surface area contributed by atoms with Gasteiger partial charge in [0.05, 0.1) is 5.69 Å². The standard InChI is InChI=1S/C15H14N4O/c1-11-10-19-7-4-13(8-14(19)18-11)15(20)17-9-12-2-5-16-6-3-12/h2-8,10H,9H2,1H3,(H,17,20). The van der Waals surface area contributed by atoms with Crippen LogP contribution in [-0.2, 0) is 6.54 Å². The van der Waals surface area contributed by atoms with Crippen molar-refractivity contribution in [1.82, 2.24) is 19.7 Å². The van der Waals surface area contributed by atoms with Gasteiger partial charge < -0.3 is 9.72 Å². The first-order valence-corrected chi connectivity index (χ1v) is 6.35. The molecule has 0 saturated heterocycles. The van der Waals surface area contributed by atoms with Crippen molar-refractivity contribution in [2.75, 3.05) is 0 Å². The molecule has 0 aliphatic rings. The molecule has 3 heterocycles. The first-order valence-electron chi connectivity index (χ1n) is 6.35. The van der Waals surface area contributed by atoms with Crippen molar-refractivity contribution in [3.63, 3.8) is 0 Å². The van der Waals surface area contributed by atoms with Crippen LogP contribution in [0, 0.1) is 6.92 Å². The Bertz CT molecular complexity index is 749. The molecule has 1 amide bonds. The van der Waals surface area contributed by atoms with Gasteiger partial charge in [0.25, 0.3) is 5.91 Å². The van der Waals surface area contributed by atoms with Crippen molar-refractivity contribution in [2.45, 2.75) is 13.5 Å². The van der Waals surface area contributed by atoms with Gasteiger partial charge in [-0.3, -0.25) is 9.78 Å². The van der Waals surface area contributed by atoms with Crippen molar-refractivity contribution in [2.24, 2.45) is 0 Å². The fourth-order valence-electron chi connectivity index (χ4n) is 2.03. The molecular formula is C15H14N4O. The van der Waals surface area contributed by atoms with E-state index in [2.05, 4.69) is 15.3 Å². The van der Waals surface area contributed by atoms with Crippen LogP contribution in [0.1, 0.15) is 21.6 Å². The molecule has 5 heteroatoms. The van der Waals surface area contributed by atoms with Gasteiger partial charge in [-0.2, -0.15) is 0 Å². The van der Waals surface area contributed by atoms with E-state index < -0.39 is 0 Å². The van der Waals surface area contributed by atoms with Crippen LogP contribution < -0.4 is 5.32 Å². The highest BCUT2D eigenvalue weighted by Gasteiger charge is 2.07. The van der Waals surface area contributed by atoms with Crippen LogP contribution in [0.3, 0.4) is 0 Å². The molecule has 0 spiro atoms. The fourth-order valence-corrected chi connectivity index (χ4v) is 2.03. The van der Waals surface area contributed by atoms with Crippen LogP contribution in [0.15, 0.2) is 49.1 Å². The molecule has 0 aliphatic carbocycles. The van der Waals surface area contributed by atoms with Gasteiger partial charge in [0.15, 0.2) is 0 Å². The van der Waals surface area contributed by atoms with Gasteiger partial charge in [0.1, 0.15) is 5.65 Å². The maximum absolute atomic E-state index is 12.1. The first kappa shape index (κ1) is 12.3. The van der Waals surface area contributed by atoms with E-state index in [1.54, 1.807) is 24.5 Å². The second-order valence-corrected chi connectivity index (χ2v) is 4.60. The molecule has 3 aromatic heterocycles. The van der Waals surface area contributed by atoms with Crippen LogP contribution in [0.4, 0.5) is 0 Å². The number of carbonyl (C=O) groups is 1. The minimum Gasteiger partial charge on any atom is -0.348 e. The lowest BCUT2D eigenvalue weighted by molar-refractivity contribution is 0.0951. The van der Waals surface area contributed by atoms with E-state index in [0.29, 0.717) is 12.1 Å². The Morgan fingerprint density at radius 2 is 2.10 bits per heavy atom. The highest BCUT2D eigenvalue weighted by molar-refractivity contribution is 5.94. The molecule has 0 saturated carbocycles. The van der Waals surface area contributed by atoms with Crippen molar-refractivity contribution < 1.29 is 4.79 Å². The first-order chi connectivity index (χ1) is 9.72. The van der Waals surface area contributed by atoms with Crippen LogP contribution in [0.5, 0.6) is 0 Å². The summed E-state index contributed by atoms with van der Waals surface area (Å²) in [6.07, 6.45) is 7.19. The Hall–Kier alpha value is -2.69. The zero-order valence-electron chi connectivity index (χ0n) is 11.1. The molecule has 0 aromatic carbocycles. The number of imidazole rings is 1. The third-order valence-corrected chi connectivity index (χ3v) is 3.05. The molecule has 0 radical (unpaired) electrons. The number of aromatic nitrogens is 3. The molecule has 0 unspecified atom stereocenters. The van der Waals surface area contributed by atoms with E-state index >= 15 is 0 Å². The normalized spacial score (nSPS) is 10.7. The largest absolute Gasteiger partial charge is 0.348 e. The molecular weight excluding hydrogens is 252 g/mol. The number of rotatable bonds is 3. The molecule has 100 valence electrons. The van der Waals surface area contributed by atoms with E-state index in [0.717, 1.165) is 16.9 Å². The molecule has 0 fully saturated rings. The highest BCUT2D eigenvalue weighted by Crippen LogP contribution is 2.08. The minimum atomic E-state index is -0.107. The molecule has 3 rings (SSSR count). The van der Waals surface area contributed by atoms with Crippen LogP contribution >= 0.6 is 0 Å². The summed E-state index contributed by atoms with van der Waals surface area (Å²) in [5, 5.41) is 2.88. The van der Waals surface area contributed by atoms with E-state index in [-0.39, 0.29) is 5.91 Å². The van der Waals surface area contributed by atoms with Gasteiger partial charge in [0.2, 0.25) is 0 Å². The second kappa shape index (κ2) is 5.13. The summed E-state index contributed by atoms with van der Waals surface area (Å²) >= 11 is 0. The minimum absolute atomic E-state index is 0.107. The van der Waals surface area contributed by atoms with Crippen molar-refractivity contribution >= 4 is 11.6 Å². The van der Waals surface area contributed by atoms with Crippen LogP contribution in [-0.4, -0.2) is 20.3 Å². The summed E-state index contributed by atoms with van der Waals surface area (Å²) in [5.41, 5.74) is 3.33. The number of nitrogens with zero attached hydrogens (tertiary/aromatic N) is 3. The Kier molecular flexibility index (Phi) is 3.16. The SMILES string of the molecule is Cc1cn2ccc(C(=O)NCc3ccncc3)cc2n1. The van der Waals surface area contributed by atoms with Gasteiger partial charge in [-0.1, -0.05) is 0 Å².